The summed E-state index contributed by atoms with van der Waals surface area (Å²) in [5, 5.41) is 21.0. The Morgan fingerprint density at radius 3 is 1.56 bits per heavy atom. The molecule has 18 heteroatoms. The molecule has 8 rings (SSSR count). The van der Waals surface area contributed by atoms with Crippen molar-refractivity contribution in [2.45, 2.75) is 13.1 Å². The van der Waals surface area contributed by atoms with E-state index in [4.69, 9.17) is 37.4 Å². The van der Waals surface area contributed by atoms with Gasteiger partial charge < -0.3 is 24.8 Å². The minimum absolute atomic E-state index is 0. The Hall–Kier alpha value is -5.82. The molecule has 0 radical (unpaired) electrons. The summed E-state index contributed by atoms with van der Waals surface area (Å²) < 4.78 is 18.4. The van der Waals surface area contributed by atoms with Crippen LogP contribution in [-0.2, 0) is 17.8 Å². The number of hydrogen-bond donors (Lipinski definition) is 1. The van der Waals surface area contributed by atoms with Gasteiger partial charge in [0.25, 0.3) is 0 Å². The summed E-state index contributed by atoms with van der Waals surface area (Å²) in [6.07, 6.45) is 3.22. The van der Waals surface area contributed by atoms with Crippen LogP contribution < -0.4 is 28.3 Å². The molecule has 0 saturated heterocycles. The van der Waals surface area contributed by atoms with Crippen LogP contribution in [-0.4, -0.2) is 83.3 Å². The maximum absolute atomic E-state index is 12.1. The summed E-state index contributed by atoms with van der Waals surface area (Å²) in [7, 11) is 4.31. The summed E-state index contributed by atoms with van der Waals surface area (Å²) in [5.74, 6) is -0.942. The molecule has 2 aromatic carbocycles. The molecule has 6 aromatic heterocycles. The molecule has 0 bridgehead atoms. The van der Waals surface area contributed by atoms with Gasteiger partial charge >= 0.3 is 30.8 Å². The number of rotatable bonds is 8. The molecule has 0 aliphatic rings. The molecule has 0 aliphatic heterocycles. The van der Waals surface area contributed by atoms with Crippen molar-refractivity contribution in [1.82, 2.24) is 39.5 Å². The van der Waals surface area contributed by atoms with Gasteiger partial charge in [-0.1, -0.05) is 35.3 Å². The molecule has 8 aromatic rings. The van der Waals surface area contributed by atoms with E-state index in [-0.39, 0.29) is 35.7 Å². The third-order valence-corrected chi connectivity index (χ3v) is 8.65. The summed E-state index contributed by atoms with van der Waals surface area (Å²) in [5.41, 5.74) is 5.72. The molecule has 0 aliphatic carbocycles. The van der Waals surface area contributed by atoms with Gasteiger partial charge in [0.2, 0.25) is 11.8 Å². The molecule has 0 fully saturated rings. The topological polar surface area (TPSA) is 199 Å². The molecule has 0 amide bonds. The zero-order valence-corrected chi connectivity index (χ0v) is 31.3. The smallest absolute Gasteiger partial charge is 0.870 e. The molecule has 6 heterocycles. The van der Waals surface area contributed by atoms with E-state index in [9.17, 15) is 14.7 Å². The van der Waals surface area contributed by atoms with Gasteiger partial charge in [-0.25, -0.2) is 19.6 Å². The molecule has 2 N–H and O–H groups in total. The normalized spacial score (nSPS) is 10.7. The summed E-state index contributed by atoms with van der Waals surface area (Å²) >= 11 is 12.1. The first-order valence-electron chi connectivity index (χ1n) is 15.9. The van der Waals surface area contributed by atoms with Crippen LogP contribution in [0.4, 0.5) is 0 Å². The van der Waals surface area contributed by atoms with Crippen molar-refractivity contribution < 1.29 is 53.2 Å². The number of pyridine rings is 4. The number of carboxylic acid groups (broad SMARTS) is 1. The number of carbonyl (C=O) groups is 2. The quantitative estimate of drug-likeness (QED) is 0.173. The molecule has 274 valence electrons. The molecule has 55 heavy (non-hydrogen) atoms. The van der Waals surface area contributed by atoms with Crippen LogP contribution in [0.5, 0.6) is 11.8 Å². The van der Waals surface area contributed by atoms with Gasteiger partial charge in [0, 0.05) is 35.3 Å². The first-order valence-corrected chi connectivity index (χ1v) is 16.6. The van der Waals surface area contributed by atoms with Crippen LogP contribution >= 0.6 is 23.2 Å². The monoisotopic (exact) mass is 774 g/mol. The van der Waals surface area contributed by atoms with Crippen molar-refractivity contribution in [3.63, 3.8) is 0 Å². The van der Waals surface area contributed by atoms with E-state index in [0.29, 0.717) is 57.0 Å². The number of carboxylic acids is 1. The number of ether oxygens (including phenoxy) is 3. The van der Waals surface area contributed by atoms with Crippen LogP contribution in [0.25, 0.3) is 43.9 Å². The Kier molecular flexibility index (Phi) is 12.6. The third kappa shape index (κ3) is 8.46. The number of methoxy groups -OCH3 is 3. The zero-order valence-electron chi connectivity index (χ0n) is 29.8. The fraction of sp³-hybridized carbons (Fsp3) is 0.135. The van der Waals surface area contributed by atoms with Crippen molar-refractivity contribution >= 4 is 79.0 Å². The number of aromatic nitrogens is 8. The standard InChI is InChI=1S/C19H15ClN4O3.C18H13ClN4O3.Li.H2O/c1-26-16-6-5-15-17(22-16)18(19(25)27-2)23-24(15)10-11-3-4-14-12(7-11)8-13(20)9-21-14;1-26-15-5-4-14-16(21-15)17(18(24)25)22-23(14)9-10-2-3-13-11(6-10)7-12(19)8-20-13;;/h3-9H,10H2,1-2H3;2-8H,9H2,1H3,(H,24,25);;1H2/q;;+1;/p-1. The number of benzene rings is 2. The number of carbonyl (C=O) groups excluding carboxylic acids is 1. The Labute approximate surface area is 334 Å². The van der Waals surface area contributed by atoms with Crippen molar-refractivity contribution in [2.24, 2.45) is 0 Å². The predicted molar refractivity (Wildman–Crippen MR) is 200 cm³/mol. The van der Waals surface area contributed by atoms with Gasteiger partial charge in [0.05, 0.1) is 66.5 Å². The van der Waals surface area contributed by atoms with Crippen LogP contribution in [0.15, 0.2) is 85.2 Å². The third-order valence-electron chi connectivity index (χ3n) is 8.23. The van der Waals surface area contributed by atoms with Crippen molar-refractivity contribution in [3.8, 4) is 11.8 Å². The van der Waals surface area contributed by atoms with E-state index < -0.39 is 11.9 Å². The molecule has 15 nitrogen and oxygen atoms in total. The van der Waals surface area contributed by atoms with E-state index in [1.165, 1.54) is 21.3 Å². The number of halogens is 2. The van der Waals surface area contributed by atoms with E-state index in [0.717, 1.165) is 32.9 Å². The fourth-order valence-corrected chi connectivity index (χ4v) is 6.11. The first kappa shape index (κ1) is 40.4. The average Bonchev–Trinajstić information content (AvgIpc) is 3.71. The summed E-state index contributed by atoms with van der Waals surface area (Å²) in [6.45, 7) is 0.837. The minimum Gasteiger partial charge on any atom is -0.870 e. The van der Waals surface area contributed by atoms with Crippen LogP contribution in [0.2, 0.25) is 10.0 Å². The molecule has 0 unspecified atom stereocenters. The van der Waals surface area contributed by atoms with Gasteiger partial charge in [0.15, 0.2) is 11.4 Å². The maximum Gasteiger partial charge on any atom is 1.00 e. The molecular weight excluding hydrogens is 746 g/mol. The van der Waals surface area contributed by atoms with E-state index >= 15 is 0 Å². The van der Waals surface area contributed by atoms with Crippen molar-refractivity contribution in [3.05, 3.63) is 118 Å². The number of esters is 1. The zero-order chi connectivity index (χ0) is 37.2. The SMILES string of the molecule is COC(=O)c1nn(Cc2ccc3ncc(Cl)cc3c2)c2ccc(OC)nc12.COc1ccc2c(n1)c(C(=O)O)nn2Cc1ccc2ncc(Cl)cc2c1.[Li+].[OH-]. The van der Waals surface area contributed by atoms with Crippen LogP contribution in [0.3, 0.4) is 0 Å². The second kappa shape index (κ2) is 17.1. The van der Waals surface area contributed by atoms with Gasteiger partial charge in [-0.2, -0.15) is 10.2 Å². The first-order chi connectivity index (χ1) is 25.6. The second-order valence-electron chi connectivity index (χ2n) is 11.6. The summed E-state index contributed by atoms with van der Waals surface area (Å²) in [4.78, 5) is 40.8. The fourth-order valence-electron chi connectivity index (χ4n) is 5.77. The van der Waals surface area contributed by atoms with Gasteiger partial charge in [-0.05, 0) is 59.7 Å². The van der Waals surface area contributed by atoms with Gasteiger partial charge in [-0.15, -0.1) is 0 Å². The maximum atomic E-state index is 12.1. The number of nitrogens with zero attached hydrogens (tertiary/aromatic N) is 8. The molecule has 0 spiro atoms. The van der Waals surface area contributed by atoms with Gasteiger partial charge in [0.1, 0.15) is 11.0 Å². The predicted octanol–water partition coefficient (Wildman–Crippen LogP) is 3.69. The van der Waals surface area contributed by atoms with Crippen molar-refractivity contribution in [1.29, 1.82) is 0 Å². The van der Waals surface area contributed by atoms with E-state index in [1.807, 2.05) is 54.6 Å². The molecule has 0 atom stereocenters. The Morgan fingerprint density at radius 1 is 0.673 bits per heavy atom. The molecular formula is C37H29Cl2LiN8O7. The number of aromatic carboxylic acids is 1. The average molecular weight is 776 g/mol. The second-order valence-corrected chi connectivity index (χ2v) is 12.5. The Bertz CT molecular complexity index is 2710. The Morgan fingerprint density at radius 2 is 1.13 bits per heavy atom. The van der Waals surface area contributed by atoms with Gasteiger partial charge in [-0.3, -0.25) is 19.3 Å². The van der Waals surface area contributed by atoms with E-state index in [2.05, 4.69) is 30.1 Å². The number of hydrogen-bond acceptors (Lipinski definition) is 12. The van der Waals surface area contributed by atoms with Crippen molar-refractivity contribution in [2.75, 3.05) is 21.3 Å². The number of fused-ring (bicyclic) bond motifs is 4. The minimum atomic E-state index is -1.14. The Balaban J connectivity index is 0.000000204. The largest absolute Gasteiger partial charge is 1.00 e. The van der Waals surface area contributed by atoms with Crippen LogP contribution in [0, 0.1) is 0 Å². The molecule has 0 saturated carbocycles. The van der Waals surface area contributed by atoms with E-state index in [1.54, 1.807) is 40.0 Å². The van der Waals surface area contributed by atoms with Crippen LogP contribution in [0.1, 0.15) is 32.1 Å². The summed E-state index contributed by atoms with van der Waals surface area (Å²) in [6, 6.07) is 22.3.